The summed E-state index contributed by atoms with van der Waals surface area (Å²) < 4.78 is 5.14. The normalized spacial score (nSPS) is 11.8. The molecular weight excluding hydrogens is 321 g/mol. The summed E-state index contributed by atoms with van der Waals surface area (Å²) >= 11 is 11.9. The number of carbonyl (C=O) groups excluding carboxylic acids is 1. The Hall–Kier alpha value is -1.71. The molecule has 2 rings (SSSR count). The van der Waals surface area contributed by atoms with Crippen LogP contribution in [-0.4, -0.2) is 13.0 Å². The highest BCUT2D eigenvalue weighted by atomic mass is 35.5. The summed E-state index contributed by atoms with van der Waals surface area (Å²) in [5.74, 6) is 0.565. The summed E-state index contributed by atoms with van der Waals surface area (Å²) in [5, 5.41) is 3.84. The van der Waals surface area contributed by atoms with Gasteiger partial charge in [0.1, 0.15) is 5.75 Å². The molecule has 0 saturated heterocycles. The van der Waals surface area contributed by atoms with E-state index in [4.69, 9.17) is 27.9 Å². The second-order valence-corrected chi connectivity index (χ2v) is 5.68. The van der Waals surface area contributed by atoms with E-state index in [0.29, 0.717) is 15.6 Å². The van der Waals surface area contributed by atoms with E-state index in [-0.39, 0.29) is 11.9 Å². The third kappa shape index (κ3) is 3.93. The summed E-state index contributed by atoms with van der Waals surface area (Å²) in [5.41, 5.74) is 1.43. The molecule has 0 aliphatic carbocycles. The molecule has 0 saturated carbocycles. The Balaban J connectivity index is 2.16. The van der Waals surface area contributed by atoms with Crippen LogP contribution in [0.4, 0.5) is 0 Å². The highest BCUT2D eigenvalue weighted by Crippen LogP contribution is 2.24. The van der Waals surface area contributed by atoms with E-state index in [0.717, 1.165) is 17.7 Å². The van der Waals surface area contributed by atoms with Crippen LogP contribution in [0.3, 0.4) is 0 Å². The van der Waals surface area contributed by atoms with Gasteiger partial charge in [0.2, 0.25) is 0 Å². The predicted octanol–water partition coefficient (Wildman–Crippen LogP) is 4.88. The second kappa shape index (κ2) is 7.52. The number of amides is 1. The SMILES string of the molecule is CC[C@@H](NC(=O)c1ccc(Cl)cc1Cl)c1ccc(OC)cc1. The molecule has 0 heterocycles. The standard InChI is InChI=1S/C17H17Cl2NO2/c1-3-16(11-4-7-13(22-2)8-5-11)20-17(21)14-9-6-12(18)10-15(14)19/h4-10,16H,3H2,1-2H3,(H,20,21)/t16-/m1/s1. The Bertz CT molecular complexity index is 656. The highest BCUT2D eigenvalue weighted by molar-refractivity contribution is 6.36. The Kier molecular flexibility index (Phi) is 5.69. The average Bonchev–Trinajstić information content (AvgIpc) is 2.52. The first-order valence-electron chi connectivity index (χ1n) is 6.95. The van der Waals surface area contributed by atoms with E-state index in [1.807, 2.05) is 31.2 Å². The smallest absolute Gasteiger partial charge is 0.253 e. The Labute approximate surface area is 140 Å². The van der Waals surface area contributed by atoms with E-state index in [1.165, 1.54) is 0 Å². The summed E-state index contributed by atoms with van der Waals surface area (Å²) in [6, 6.07) is 12.4. The lowest BCUT2D eigenvalue weighted by Gasteiger charge is -2.18. The molecule has 0 fully saturated rings. The van der Waals surface area contributed by atoms with Gasteiger partial charge in [0, 0.05) is 5.02 Å². The van der Waals surface area contributed by atoms with E-state index < -0.39 is 0 Å². The number of rotatable bonds is 5. The molecule has 0 radical (unpaired) electrons. The van der Waals surface area contributed by atoms with Crippen molar-refractivity contribution < 1.29 is 9.53 Å². The minimum atomic E-state index is -0.218. The molecule has 1 atom stereocenters. The minimum absolute atomic E-state index is 0.0925. The van der Waals surface area contributed by atoms with Crippen molar-refractivity contribution in [2.75, 3.05) is 7.11 Å². The van der Waals surface area contributed by atoms with Gasteiger partial charge in [-0.3, -0.25) is 4.79 Å². The van der Waals surface area contributed by atoms with E-state index in [1.54, 1.807) is 25.3 Å². The fourth-order valence-electron chi connectivity index (χ4n) is 2.17. The lowest BCUT2D eigenvalue weighted by atomic mass is 10.0. The molecule has 116 valence electrons. The first kappa shape index (κ1) is 16.7. The van der Waals surface area contributed by atoms with Crippen molar-refractivity contribution in [2.45, 2.75) is 19.4 Å². The van der Waals surface area contributed by atoms with Gasteiger partial charge in [0.15, 0.2) is 0 Å². The first-order valence-corrected chi connectivity index (χ1v) is 7.70. The number of nitrogens with one attached hydrogen (secondary N) is 1. The number of benzene rings is 2. The van der Waals surface area contributed by atoms with Crippen LogP contribution in [0.25, 0.3) is 0 Å². The monoisotopic (exact) mass is 337 g/mol. The van der Waals surface area contributed by atoms with Crippen molar-refractivity contribution >= 4 is 29.1 Å². The number of ether oxygens (including phenoxy) is 1. The van der Waals surface area contributed by atoms with Crippen molar-refractivity contribution in [1.82, 2.24) is 5.32 Å². The average molecular weight is 338 g/mol. The van der Waals surface area contributed by atoms with Gasteiger partial charge >= 0.3 is 0 Å². The third-order valence-corrected chi connectivity index (χ3v) is 3.96. The van der Waals surface area contributed by atoms with Gasteiger partial charge < -0.3 is 10.1 Å². The number of methoxy groups -OCH3 is 1. The number of hydrogen-bond donors (Lipinski definition) is 1. The zero-order valence-electron chi connectivity index (χ0n) is 12.4. The third-order valence-electron chi connectivity index (χ3n) is 3.41. The van der Waals surface area contributed by atoms with Crippen LogP contribution in [-0.2, 0) is 0 Å². The summed E-state index contributed by atoms with van der Waals surface area (Å²) in [6.07, 6.45) is 0.767. The molecule has 2 aromatic rings. The minimum Gasteiger partial charge on any atom is -0.497 e. The van der Waals surface area contributed by atoms with Gasteiger partial charge in [0.05, 0.1) is 23.7 Å². The van der Waals surface area contributed by atoms with Gasteiger partial charge in [-0.15, -0.1) is 0 Å². The van der Waals surface area contributed by atoms with Gasteiger partial charge in [-0.2, -0.15) is 0 Å². The van der Waals surface area contributed by atoms with Crippen molar-refractivity contribution in [3.05, 3.63) is 63.6 Å². The summed E-state index contributed by atoms with van der Waals surface area (Å²) in [6.45, 7) is 2.01. The van der Waals surface area contributed by atoms with Crippen molar-refractivity contribution in [1.29, 1.82) is 0 Å². The zero-order valence-corrected chi connectivity index (χ0v) is 13.9. The molecule has 0 aromatic heterocycles. The molecule has 0 aliphatic heterocycles. The summed E-state index contributed by atoms with van der Waals surface area (Å²) in [4.78, 5) is 12.4. The van der Waals surface area contributed by atoms with Gasteiger partial charge in [0.25, 0.3) is 5.91 Å². The predicted molar refractivity (Wildman–Crippen MR) is 90.0 cm³/mol. The number of hydrogen-bond acceptors (Lipinski definition) is 2. The molecule has 22 heavy (non-hydrogen) atoms. The first-order chi connectivity index (χ1) is 10.5. The van der Waals surface area contributed by atoms with Gasteiger partial charge in [-0.1, -0.05) is 42.3 Å². The van der Waals surface area contributed by atoms with Gasteiger partial charge in [-0.25, -0.2) is 0 Å². The van der Waals surface area contributed by atoms with Crippen LogP contribution in [0, 0.1) is 0 Å². The molecule has 0 aliphatic rings. The zero-order chi connectivity index (χ0) is 16.1. The Morgan fingerprint density at radius 1 is 1.18 bits per heavy atom. The van der Waals surface area contributed by atoms with Crippen LogP contribution < -0.4 is 10.1 Å². The maximum absolute atomic E-state index is 12.4. The van der Waals surface area contributed by atoms with Crippen LogP contribution >= 0.6 is 23.2 Å². The largest absolute Gasteiger partial charge is 0.497 e. The molecule has 2 aromatic carbocycles. The fraction of sp³-hybridized carbons (Fsp3) is 0.235. The Morgan fingerprint density at radius 3 is 2.41 bits per heavy atom. The molecular formula is C17H17Cl2NO2. The molecule has 5 heteroatoms. The van der Waals surface area contributed by atoms with Crippen molar-refractivity contribution in [3.63, 3.8) is 0 Å². The summed E-state index contributed by atoms with van der Waals surface area (Å²) in [7, 11) is 1.62. The Morgan fingerprint density at radius 2 is 1.86 bits per heavy atom. The van der Waals surface area contributed by atoms with E-state index in [9.17, 15) is 4.79 Å². The van der Waals surface area contributed by atoms with E-state index >= 15 is 0 Å². The van der Waals surface area contributed by atoms with E-state index in [2.05, 4.69) is 5.32 Å². The second-order valence-electron chi connectivity index (χ2n) is 4.83. The topological polar surface area (TPSA) is 38.3 Å². The molecule has 1 amide bonds. The maximum Gasteiger partial charge on any atom is 0.253 e. The van der Waals surface area contributed by atoms with Crippen LogP contribution in [0.1, 0.15) is 35.3 Å². The van der Waals surface area contributed by atoms with Crippen LogP contribution in [0.5, 0.6) is 5.75 Å². The van der Waals surface area contributed by atoms with Crippen molar-refractivity contribution in [3.8, 4) is 5.75 Å². The molecule has 1 N–H and O–H groups in total. The fourth-order valence-corrected chi connectivity index (χ4v) is 2.66. The van der Waals surface area contributed by atoms with Crippen LogP contribution in [0.15, 0.2) is 42.5 Å². The molecule has 0 spiro atoms. The maximum atomic E-state index is 12.4. The lowest BCUT2D eigenvalue weighted by Crippen LogP contribution is -2.28. The molecule has 3 nitrogen and oxygen atoms in total. The highest BCUT2D eigenvalue weighted by Gasteiger charge is 2.16. The van der Waals surface area contributed by atoms with Crippen LogP contribution in [0.2, 0.25) is 10.0 Å². The molecule has 0 bridgehead atoms. The van der Waals surface area contributed by atoms with Crippen molar-refractivity contribution in [2.24, 2.45) is 0 Å². The quantitative estimate of drug-likeness (QED) is 0.843. The molecule has 0 unspecified atom stereocenters. The van der Waals surface area contributed by atoms with Gasteiger partial charge in [-0.05, 0) is 42.3 Å². The number of carbonyl (C=O) groups is 1. The number of halogens is 2. The lowest BCUT2D eigenvalue weighted by molar-refractivity contribution is 0.0935.